The van der Waals surface area contributed by atoms with Crippen molar-refractivity contribution in [2.24, 2.45) is 0 Å². The molecule has 0 fully saturated rings. The van der Waals surface area contributed by atoms with Crippen LogP contribution in [0.5, 0.6) is 0 Å². The van der Waals surface area contributed by atoms with Gasteiger partial charge in [0, 0.05) is 21.8 Å². The summed E-state index contributed by atoms with van der Waals surface area (Å²) < 4.78 is 2.27. The van der Waals surface area contributed by atoms with Gasteiger partial charge in [0.1, 0.15) is 0 Å². The molecule has 4 heteroatoms. The van der Waals surface area contributed by atoms with Gasteiger partial charge in [0.2, 0.25) is 0 Å². The lowest BCUT2D eigenvalue weighted by Crippen LogP contribution is -2.29. The quantitative estimate of drug-likeness (QED) is 0.388. The molecule has 3 nitrogen and oxygen atoms in total. The van der Waals surface area contributed by atoms with E-state index in [4.69, 9.17) is 0 Å². The number of para-hydroxylation sites is 1. The topological polar surface area (TPSA) is 45.4 Å². The van der Waals surface area contributed by atoms with Gasteiger partial charge in [-0.25, -0.2) is 0 Å². The van der Waals surface area contributed by atoms with Crippen LogP contribution < -0.4 is 5.46 Å². The third kappa shape index (κ3) is 2.85. The number of fused-ring (bicyclic) bond motifs is 5. The summed E-state index contributed by atoms with van der Waals surface area (Å²) in [4.78, 5) is 0. The second-order valence-corrected chi connectivity index (χ2v) is 8.05. The lowest BCUT2D eigenvalue weighted by Gasteiger charge is -2.13. The first-order valence-corrected chi connectivity index (χ1v) is 10.7. The van der Waals surface area contributed by atoms with E-state index >= 15 is 0 Å². The summed E-state index contributed by atoms with van der Waals surface area (Å²) >= 11 is 0. The maximum atomic E-state index is 9.52. The highest BCUT2D eigenvalue weighted by Crippen LogP contribution is 2.40. The third-order valence-corrected chi connectivity index (χ3v) is 6.21. The Balaban J connectivity index is 1.77. The van der Waals surface area contributed by atoms with E-state index in [1.54, 1.807) is 12.1 Å². The van der Waals surface area contributed by atoms with Crippen molar-refractivity contribution in [1.82, 2.24) is 4.57 Å². The summed E-state index contributed by atoms with van der Waals surface area (Å²) in [5, 5.41) is 23.8. The molecule has 0 aliphatic carbocycles. The van der Waals surface area contributed by atoms with Gasteiger partial charge in [-0.15, -0.1) is 0 Å². The third-order valence-electron chi connectivity index (χ3n) is 6.21. The summed E-state index contributed by atoms with van der Waals surface area (Å²) in [5.74, 6) is 0. The van der Waals surface area contributed by atoms with Crippen LogP contribution in [0.25, 0.3) is 49.4 Å². The summed E-state index contributed by atoms with van der Waals surface area (Å²) in [6.45, 7) is 0. The van der Waals surface area contributed by atoms with Crippen molar-refractivity contribution < 1.29 is 10.0 Å². The first kappa shape index (κ1) is 18.9. The molecule has 0 aliphatic rings. The minimum absolute atomic E-state index is 0.478. The predicted molar refractivity (Wildman–Crippen MR) is 134 cm³/mol. The van der Waals surface area contributed by atoms with Crippen LogP contribution in [0.1, 0.15) is 0 Å². The first-order chi connectivity index (χ1) is 15.7. The molecule has 6 rings (SSSR count). The van der Waals surface area contributed by atoms with E-state index in [0.717, 1.165) is 16.7 Å². The molecule has 0 saturated heterocycles. The van der Waals surface area contributed by atoms with Crippen LogP contribution in [0, 0.1) is 0 Å². The number of aromatic nitrogens is 1. The summed E-state index contributed by atoms with van der Waals surface area (Å²) in [7, 11) is -1.48. The van der Waals surface area contributed by atoms with Crippen LogP contribution >= 0.6 is 0 Å². The molecule has 2 N–H and O–H groups in total. The van der Waals surface area contributed by atoms with Gasteiger partial charge in [0.15, 0.2) is 0 Å². The standard InChI is InChI=1S/C28H20BNO2/c31-29(32)20-14-16-21(17-15-20)30-27-13-7-6-11-23(27)26-18-25(19-8-2-1-3-9-19)22-10-4-5-12-24(22)28(26)30/h1-18,31-32H. The molecule has 0 bridgehead atoms. The first-order valence-electron chi connectivity index (χ1n) is 10.7. The van der Waals surface area contributed by atoms with Crippen LogP contribution in [-0.4, -0.2) is 21.7 Å². The fourth-order valence-electron chi connectivity index (χ4n) is 4.74. The Morgan fingerprint density at radius 3 is 1.91 bits per heavy atom. The normalized spacial score (nSPS) is 11.4. The van der Waals surface area contributed by atoms with Gasteiger partial charge < -0.3 is 14.6 Å². The summed E-state index contributed by atoms with van der Waals surface area (Å²) in [5.41, 5.74) is 6.15. The van der Waals surface area contributed by atoms with E-state index in [9.17, 15) is 10.0 Å². The maximum absolute atomic E-state index is 9.52. The zero-order valence-corrected chi connectivity index (χ0v) is 17.3. The largest absolute Gasteiger partial charge is 0.488 e. The lowest BCUT2D eigenvalue weighted by molar-refractivity contribution is 0.426. The van der Waals surface area contributed by atoms with Crippen molar-refractivity contribution in [1.29, 1.82) is 0 Å². The van der Waals surface area contributed by atoms with Crippen molar-refractivity contribution in [3.63, 3.8) is 0 Å². The molecule has 0 aliphatic heterocycles. The molecule has 32 heavy (non-hydrogen) atoms. The molecular weight excluding hydrogens is 393 g/mol. The minimum atomic E-state index is -1.48. The summed E-state index contributed by atoms with van der Waals surface area (Å²) in [6.07, 6.45) is 0. The van der Waals surface area contributed by atoms with Crippen molar-refractivity contribution in [2.45, 2.75) is 0 Å². The lowest BCUT2D eigenvalue weighted by atomic mass is 9.80. The van der Waals surface area contributed by atoms with E-state index in [1.165, 1.54) is 32.7 Å². The monoisotopic (exact) mass is 413 g/mol. The van der Waals surface area contributed by atoms with Gasteiger partial charge >= 0.3 is 7.12 Å². The second-order valence-electron chi connectivity index (χ2n) is 8.05. The number of hydrogen-bond acceptors (Lipinski definition) is 2. The van der Waals surface area contributed by atoms with E-state index < -0.39 is 7.12 Å². The van der Waals surface area contributed by atoms with Crippen LogP contribution in [0.3, 0.4) is 0 Å². The number of hydrogen-bond donors (Lipinski definition) is 2. The van der Waals surface area contributed by atoms with Gasteiger partial charge in [-0.2, -0.15) is 0 Å². The molecular formula is C28H20BNO2. The van der Waals surface area contributed by atoms with Crippen molar-refractivity contribution in [3.05, 3.63) is 109 Å². The van der Waals surface area contributed by atoms with Gasteiger partial charge in [-0.3, -0.25) is 0 Å². The van der Waals surface area contributed by atoms with Crippen molar-refractivity contribution >= 4 is 45.2 Å². The van der Waals surface area contributed by atoms with E-state index in [2.05, 4.69) is 83.4 Å². The Kier molecular flexibility index (Phi) is 4.35. The van der Waals surface area contributed by atoms with E-state index in [0.29, 0.717) is 5.46 Å². The molecule has 0 spiro atoms. The van der Waals surface area contributed by atoms with Crippen molar-refractivity contribution in [3.8, 4) is 16.8 Å². The zero-order valence-electron chi connectivity index (χ0n) is 17.3. The molecule has 0 amide bonds. The SMILES string of the molecule is OB(O)c1ccc(-n2c3ccccc3c3cc(-c4ccccc4)c4ccccc4c32)cc1. The molecule has 6 aromatic rings. The number of rotatable bonds is 3. The van der Waals surface area contributed by atoms with Crippen LogP contribution in [-0.2, 0) is 0 Å². The Morgan fingerprint density at radius 2 is 1.19 bits per heavy atom. The highest BCUT2D eigenvalue weighted by molar-refractivity contribution is 6.58. The molecule has 0 saturated carbocycles. The van der Waals surface area contributed by atoms with Crippen LogP contribution in [0.15, 0.2) is 109 Å². The predicted octanol–water partition coefficient (Wildman–Crippen LogP) is 5.28. The molecule has 0 unspecified atom stereocenters. The Morgan fingerprint density at radius 1 is 0.562 bits per heavy atom. The highest BCUT2D eigenvalue weighted by atomic mass is 16.4. The fourth-order valence-corrected chi connectivity index (χ4v) is 4.74. The Bertz CT molecular complexity index is 1590. The molecule has 1 heterocycles. The minimum Gasteiger partial charge on any atom is -0.423 e. The van der Waals surface area contributed by atoms with Gasteiger partial charge in [0.05, 0.1) is 11.0 Å². The van der Waals surface area contributed by atoms with Gasteiger partial charge in [-0.1, -0.05) is 84.9 Å². The Labute approximate surface area is 185 Å². The molecule has 1 aromatic heterocycles. The zero-order chi connectivity index (χ0) is 21.7. The average molecular weight is 413 g/mol. The number of nitrogens with zero attached hydrogens (tertiary/aromatic N) is 1. The van der Waals surface area contributed by atoms with Gasteiger partial charge in [-0.05, 0) is 46.2 Å². The maximum Gasteiger partial charge on any atom is 0.488 e. The number of benzene rings is 5. The molecule has 0 atom stereocenters. The average Bonchev–Trinajstić information content (AvgIpc) is 3.19. The van der Waals surface area contributed by atoms with E-state index in [1.807, 2.05) is 18.2 Å². The molecule has 0 radical (unpaired) electrons. The van der Waals surface area contributed by atoms with Gasteiger partial charge in [0.25, 0.3) is 0 Å². The van der Waals surface area contributed by atoms with E-state index in [-0.39, 0.29) is 0 Å². The van der Waals surface area contributed by atoms with Crippen LogP contribution in [0.2, 0.25) is 0 Å². The fraction of sp³-hybridized carbons (Fsp3) is 0. The smallest absolute Gasteiger partial charge is 0.423 e. The Hall–Kier alpha value is -3.86. The van der Waals surface area contributed by atoms with Crippen LogP contribution in [0.4, 0.5) is 0 Å². The second kappa shape index (κ2) is 7.38. The highest BCUT2D eigenvalue weighted by Gasteiger charge is 2.18. The molecule has 5 aromatic carbocycles. The van der Waals surface area contributed by atoms with Crippen molar-refractivity contribution in [2.75, 3.05) is 0 Å². The molecule has 152 valence electrons. The summed E-state index contributed by atoms with van der Waals surface area (Å²) in [6, 6.07) is 37.2.